The number of aromatic nitrogens is 1. The number of methoxy groups -OCH3 is 1. The fraction of sp³-hybridized carbons (Fsp3) is 0.348. The van der Waals surface area contributed by atoms with Crippen LogP contribution in [0.3, 0.4) is 0 Å². The summed E-state index contributed by atoms with van der Waals surface area (Å²) in [7, 11) is 3.69. The highest BCUT2D eigenvalue weighted by Crippen LogP contribution is 2.26. The van der Waals surface area contributed by atoms with Gasteiger partial charge in [-0.3, -0.25) is 4.79 Å². The zero-order chi connectivity index (χ0) is 20.1. The van der Waals surface area contributed by atoms with Crippen LogP contribution in [0.4, 0.5) is 4.39 Å². The molecule has 28 heavy (non-hydrogen) atoms. The Bertz CT molecular complexity index is 916. The number of fused-ring (bicyclic) bond motifs is 1. The van der Waals surface area contributed by atoms with Gasteiger partial charge in [-0.15, -0.1) is 0 Å². The number of carbonyl (C=O) groups is 1. The van der Waals surface area contributed by atoms with E-state index in [1.165, 1.54) is 0 Å². The van der Waals surface area contributed by atoms with Gasteiger partial charge in [-0.05, 0) is 74.8 Å². The van der Waals surface area contributed by atoms with Crippen molar-refractivity contribution >= 4 is 17.2 Å². The smallest absolute Gasteiger partial charge is 0.150 e. The van der Waals surface area contributed by atoms with Crippen molar-refractivity contribution < 1.29 is 13.9 Å². The van der Waals surface area contributed by atoms with Crippen LogP contribution < -0.4 is 4.74 Å². The number of rotatable bonds is 3. The number of halogens is 1. The highest BCUT2D eigenvalue weighted by molar-refractivity contribution is 5.90. The molecule has 0 spiro atoms. The number of hydrogen-bond acceptors (Lipinski definition) is 3. The molecule has 0 atom stereocenters. The number of nitrogens with zero attached hydrogens (tertiary/aromatic N) is 2. The van der Waals surface area contributed by atoms with Crippen molar-refractivity contribution in [3.8, 4) is 11.4 Å². The zero-order valence-electron chi connectivity index (χ0n) is 16.7. The Balaban J connectivity index is 0.000000236. The van der Waals surface area contributed by atoms with Crippen molar-refractivity contribution in [2.24, 2.45) is 0 Å². The fourth-order valence-electron chi connectivity index (χ4n) is 3.42. The highest BCUT2D eigenvalue weighted by atomic mass is 19.1. The number of benzene rings is 2. The number of ether oxygens (including phenoxy) is 1. The van der Waals surface area contributed by atoms with Gasteiger partial charge in [0.2, 0.25) is 0 Å². The first-order valence-corrected chi connectivity index (χ1v) is 9.55. The summed E-state index contributed by atoms with van der Waals surface area (Å²) in [6.45, 7) is 3.92. The average molecular weight is 382 g/mol. The molecule has 0 unspecified atom stereocenters. The van der Waals surface area contributed by atoms with E-state index in [1.807, 2.05) is 49.5 Å². The van der Waals surface area contributed by atoms with Crippen LogP contribution in [-0.2, 0) is 0 Å². The largest absolute Gasteiger partial charge is 0.497 e. The van der Waals surface area contributed by atoms with Crippen molar-refractivity contribution in [3.05, 3.63) is 59.8 Å². The Kier molecular flexibility index (Phi) is 6.47. The molecule has 0 radical (unpaired) electrons. The maximum Gasteiger partial charge on any atom is 0.150 e. The monoisotopic (exact) mass is 382 g/mol. The highest BCUT2D eigenvalue weighted by Gasteiger charge is 2.14. The predicted octanol–water partition coefficient (Wildman–Crippen LogP) is 4.81. The number of carbonyl (C=O) groups excluding carboxylic acids is 1. The number of aryl methyl sites for hydroxylation is 1. The van der Waals surface area contributed by atoms with E-state index in [1.54, 1.807) is 7.11 Å². The van der Waals surface area contributed by atoms with E-state index in [9.17, 15) is 9.18 Å². The maximum atomic E-state index is 12.3. The van der Waals surface area contributed by atoms with Crippen molar-refractivity contribution in [2.45, 2.75) is 25.9 Å². The summed E-state index contributed by atoms with van der Waals surface area (Å²) in [5, 5.41) is 1.10. The molecule has 2 aromatic carbocycles. The van der Waals surface area contributed by atoms with Crippen LogP contribution in [0.5, 0.6) is 5.75 Å². The van der Waals surface area contributed by atoms with E-state index < -0.39 is 6.17 Å². The average Bonchev–Trinajstić information content (AvgIpc) is 3.06. The minimum Gasteiger partial charge on any atom is -0.497 e. The van der Waals surface area contributed by atoms with Crippen LogP contribution in [-0.4, -0.2) is 49.2 Å². The maximum absolute atomic E-state index is 12.3. The number of aldehydes is 1. The van der Waals surface area contributed by atoms with Crippen LogP contribution in [0.1, 0.15) is 28.8 Å². The van der Waals surface area contributed by atoms with Crippen LogP contribution in [0.15, 0.2) is 48.7 Å². The molecule has 1 saturated heterocycles. The number of hydrogen-bond donors (Lipinski definition) is 0. The fourth-order valence-corrected chi connectivity index (χ4v) is 3.42. The quantitative estimate of drug-likeness (QED) is 0.610. The number of piperidine rings is 1. The van der Waals surface area contributed by atoms with Gasteiger partial charge in [-0.25, -0.2) is 4.39 Å². The van der Waals surface area contributed by atoms with Crippen molar-refractivity contribution in [1.29, 1.82) is 0 Å². The molecule has 1 fully saturated rings. The third-order valence-corrected chi connectivity index (χ3v) is 5.16. The predicted molar refractivity (Wildman–Crippen MR) is 112 cm³/mol. The Labute approximate surface area is 165 Å². The molecule has 3 aromatic rings. The lowest BCUT2D eigenvalue weighted by Crippen LogP contribution is -2.30. The van der Waals surface area contributed by atoms with Crippen molar-refractivity contribution in [3.63, 3.8) is 0 Å². The Morgan fingerprint density at radius 3 is 2.36 bits per heavy atom. The molecule has 0 saturated carbocycles. The first-order valence-electron chi connectivity index (χ1n) is 9.55. The molecule has 4 rings (SSSR count). The van der Waals surface area contributed by atoms with Crippen molar-refractivity contribution in [1.82, 2.24) is 9.47 Å². The zero-order valence-corrected chi connectivity index (χ0v) is 16.7. The van der Waals surface area contributed by atoms with Gasteiger partial charge < -0.3 is 14.2 Å². The van der Waals surface area contributed by atoms with Gasteiger partial charge >= 0.3 is 0 Å². The molecule has 0 bridgehead atoms. The van der Waals surface area contributed by atoms with E-state index in [-0.39, 0.29) is 0 Å². The summed E-state index contributed by atoms with van der Waals surface area (Å²) >= 11 is 0. The van der Waals surface area contributed by atoms with Gasteiger partial charge in [0.25, 0.3) is 0 Å². The summed E-state index contributed by atoms with van der Waals surface area (Å²) < 4.78 is 19.6. The van der Waals surface area contributed by atoms with Gasteiger partial charge in [0.1, 0.15) is 18.2 Å². The van der Waals surface area contributed by atoms with Gasteiger partial charge in [0.05, 0.1) is 12.6 Å². The second kappa shape index (κ2) is 9.02. The molecule has 1 aliphatic rings. The van der Waals surface area contributed by atoms with E-state index in [0.29, 0.717) is 5.56 Å². The molecule has 5 heteroatoms. The lowest BCUT2D eigenvalue weighted by atomic mass is 10.1. The summed E-state index contributed by atoms with van der Waals surface area (Å²) in [6, 6.07) is 13.7. The summed E-state index contributed by atoms with van der Waals surface area (Å²) in [5.74, 6) is 0.838. The number of alkyl halides is 1. The topological polar surface area (TPSA) is 34.5 Å². The third kappa shape index (κ3) is 4.60. The van der Waals surface area contributed by atoms with E-state index in [2.05, 4.69) is 22.6 Å². The minimum atomic E-state index is -0.522. The minimum absolute atomic E-state index is 0.522. The number of likely N-dealkylation sites (tertiary alicyclic amines) is 1. The molecule has 0 amide bonds. The van der Waals surface area contributed by atoms with Crippen LogP contribution in [0.2, 0.25) is 0 Å². The molecule has 1 aromatic heterocycles. The molecule has 148 valence electrons. The Morgan fingerprint density at radius 1 is 1.11 bits per heavy atom. The SMILES string of the molecule is CN1CCC(F)CC1.COc1ccc(-n2cc(C)c3cc(C=O)ccc32)cc1. The third-order valence-electron chi connectivity index (χ3n) is 5.16. The molecular formula is C23H27FN2O2. The summed E-state index contributed by atoms with van der Waals surface area (Å²) in [4.78, 5) is 13.1. The molecule has 2 heterocycles. The molecule has 0 N–H and O–H groups in total. The first kappa shape index (κ1) is 20.1. The molecule has 4 nitrogen and oxygen atoms in total. The van der Waals surface area contributed by atoms with Crippen LogP contribution >= 0.6 is 0 Å². The van der Waals surface area contributed by atoms with Gasteiger partial charge in [0, 0.05) is 35.9 Å². The van der Waals surface area contributed by atoms with Crippen LogP contribution in [0.25, 0.3) is 16.6 Å². The normalized spacial score (nSPS) is 15.1. The first-order chi connectivity index (χ1) is 13.5. The lowest BCUT2D eigenvalue weighted by Gasteiger charge is -2.23. The van der Waals surface area contributed by atoms with Gasteiger partial charge in [-0.2, -0.15) is 0 Å². The summed E-state index contributed by atoms with van der Waals surface area (Å²) in [5.41, 5.74) is 4.02. The Morgan fingerprint density at radius 2 is 1.79 bits per heavy atom. The van der Waals surface area contributed by atoms with E-state index >= 15 is 0 Å². The van der Waals surface area contributed by atoms with Gasteiger partial charge in [0.15, 0.2) is 0 Å². The van der Waals surface area contributed by atoms with Gasteiger partial charge in [-0.1, -0.05) is 0 Å². The van der Waals surface area contributed by atoms with E-state index in [0.717, 1.165) is 60.1 Å². The molecule has 0 aliphatic carbocycles. The molecular weight excluding hydrogens is 355 g/mol. The lowest BCUT2D eigenvalue weighted by molar-refractivity contribution is 0.112. The Hall–Kier alpha value is -2.66. The molecule has 1 aliphatic heterocycles. The van der Waals surface area contributed by atoms with Crippen LogP contribution in [0, 0.1) is 6.92 Å². The van der Waals surface area contributed by atoms with E-state index in [4.69, 9.17) is 4.74 Å². The summed E-state index contributed by atoms with van der Waals surface area (Å²) in [6.07, 6.45) is 3.91. The van der Waals surface area contributed by atoms with Crippen molar-refractivity contribution in [2.75, 3.05) is 27.2 Å². The second-order valence-electron chi connectivity index (χ2n) is 7.25. The second-order valence-corrected chi connectivity index (χ2v) is 7.25. The standard InChI is InChI=1S/C17H15NO2.C6H12FN/c1-12-10-18(14-4-6-15(20-2)7-5-14)17-8-3-13(11-19)9-16(12)17;1-8-4-2-6(7)3-5-8/h3-11H,1-2H3;6H,2-5H2,1H3.